The van der Waals surface area contributed by atoms with E-state index in [1.807, 2.05) is 4.90 Å². The van der Waals surface area contributed by atoms with Gasteiger partial charge in [0.05, 0.1) is 5.69 Å². The molecule has 1 atom stereocenters. The van der Waals surface area contributed by atoms with Crippen molar-refractivity contribution >= 4 is 23.4 Å². The molecule has 94 valence electrons. The number of rotatable bonds is 3. The molecule has 1 fully saturated rings. The summed E-state index contributed by atoms with van der Waals surface area (Å²) in [5.74, 6) is 0. The predicted molar refractivity (Wildman–Crippen MR) is 71.6 cm³/mol. The highest BCUT2D eigenvalue weighted by Crippen LogP contribution is 2.30. The van der Waals surface area contributed by atoms with E-state index in [-0.39, 0.29) is 6.17 Å². The molecular weight excluding hydrogens is 234 g/mol. The lowest BCUT2D eigenvalue weighted by Crippen LogP contribution is -2.57. The topological polar surface area (TPSA) is 35.6 Å². The average Bonchev–Trinajstić information content (AvgIpc) is 2.62. The minimum absolute atomic E-state index is 0.119. The van der Waals surface area contributed by atoms with Gasteiger partial charge in [-0.15, -0.1) is 11.3 Å². The zero-order valence-corrected chi connectivity index (χ0v) is 11.4. The summed E-state index contributed by atoms with van der Waals surface area (Å²) in [5.41, 5.74) is 1.04. The maximum Gasteiger partial charge on any atom is 0.215 e. The highest BCUT2D eigenvalue weighted by Gasteiger charge is 2.26. The molecule has 0 saturated carbocycles. The fraction of sp³-hybridized carbons (Fsp3) is 0.583. The number of piperazine rings is 1. The molecule has 0 radical (unpaired) electrons. The maximum atomic E-state index is 11.4. The summed E-state index contributed by atoms with van der Waals surface area (Å²) in [4.78, 5) is 17.9. The Kier molecular flexibility index (Phi) is 3.81. The first kappa shape index (κ1) is 12.5. The lowest BCUT2D eigenvalue weighted by Gasteiger charge is -2.39. The second kappa shape index (κ2) is 5.16. The van der Waals surface area contributed by atoms with Gasteiger partial charge in [0.15, 0.2) is 0 Å². The van der Waals surface area contributed by atoms with Crippen LogP contribution in [0.15, 0.2) is 6.07 Å². The summed E-state index contributed by atoms with van der Waals surface area (Å²) < 4.78 is 0. The van der Waals surface area contributed by atoms with E-state index in [0.717, 1.165) is 31.7 Å². The van der Waals surface area contributed by atoms with E-state index in [9.17, 15) is 4.79 Å². The van der Waals surface area contributed by atoms with E-state index in [4.69, 9.17) is 0 Å². The van der Waals surface area contributed by atoms with Gasteiger partial charge in [-0.2, -0.15) is 0 Å². The van der Waals surface area contributed by atoms with Gasteiger partial charge in [-0.25, -0.2) is 0 Å². The molecule has 1 aromatic heterocycles. The smallest absolute Gasteiger partial charge is 0.215 e. The molecule has 5 heteroatoms. The van der Waals surface area contributed by atoms with Crippen LogP contribution in [-0.2, 0) is 4.79 Å². The summed E-state index contributed by atoms with van der Waals surface area (Å²) in [7, 11) is 2.07. The fourth-order valence-corrected chi connectivity index (χ4v) is 3.19. The van der Waals surface area contributed by atoms with Crippen molar-refractivity contribution in [3.05, 3.63) is 15.8 Å². The molecule has 1 aromatic rings. The van der Waals surface area contributed by atoms with Gasteiger partial charge in [0, 0.05) is 29.4 Å². The van der Waals surface area contributed by atoms with Crippen LogP contribution in [0.1, 0.15) is 9.75 Å². The van der Waals surface area contributed by atoms with Gasteiger partial charge in [-0.05, 0) is 27.0 Å². The third-order valence-electron chi connectivity index (χ3n) is 3.20. The molecule has 0 spiro atoms. The minimum Gasteiger partial charge on any atom is -0.312 e. The molecule has 1 saturated heterocycles. The summed E-state index contributed by atoms with van der Waals surface area (Å²) >= 11 is 1.74. The van der Waals surface area contributed by atoms with Crippen molar-refractivity contribution < 1.29 is 4.79 Å². The summed E-state index contributed by atoms with van der Waals surface area (Å²) in [5, 5.41) is 3.34. The molecule has 1 amide bonds. The van der Waals surface area contributed by atoms with Crippen LogP contribution in [0.3, 0.4) is 0 Å². The number of amides is 1. The minimum atomic E-state index is 0.119. The zero-order valence-electron chi connectivity index (χ0n) is 10.6. The van der Waals surface area contributed by atoms with Gasteiger partial charge < -0.3 is 5.32 Å². The lowest BCUT2D eigenvalue weighted by molar-refractivity contribution is -0.108. The molecule has 1 unspecified atom stereocenters. The van der Waals surface area contributed by atoms with Crippen LogP contribution in [-0.4, -0.2) is 44.2 Å². The number of anilines is 1. The highest BCUT2D eigenvalue weighted by atomic mass is 32.1. The summed E-state index contributed by atoms with van der Waals surface area (Å²) in [6.07, 6.45) is 1.07. The Labute approximate surface area is 106 Å². The van der Waals surface area contributed by atoms with Gasteiger partial charge >= 0.3 is 0 Å². The van der Waals surface area contributed by atoms with Crippen LogP contribution >= 0.6 is 11.3 Å². The Balaban J connectivity index is 2.26. The Bertz CT molecular complexity index is 404. The second-order valence-electron chi connectivity index (χ2n) is 4.48. The standard InChI is InChI=1S/C12H19N3OS/c1-9-6-11(10(2)17-9)15(8-16)12-7-13-4-5-14(12)3/h6,8,12-13H,4-5,7H2,1-3H3. The van der Waals surface area contributed by atoms with Crippen LogP contribution in [0, 0.1) is 13.8 Å². The first-order valence-electron chi connectivity index (χ1n) is 5.85. The first-order chi connectivity index (χ1) is 8.13. The number of likely N-dealkylation sites (N-methyl/N-ethyl adjacent to an activating group) is 1. The van der Waals surface area contributed by atoms with Gasteiger partial charge in [0.25, 0.3) is 0 Å². The van der Waals surface area contributed by atoms with Crippen molar-refractivity contribution in [1.82, 2.24) is 10.2 Å². The molecule has 4 nitrogen and oxygen atoms in total. The Morgan fingerprint density at radius 1 is 1.59 bits per heavy atom. The third kappa shape index (κ3) is 2.51. The number of nitrogens with one attached hydrogen (secondary N) is 1. The summed E-state index contributed by atoms with van der Waals surface area (Å²) in [6, 6.07) is 2.09. The number of hydrogen-bond acceptors (Lipinski definition) is 4. The molecular formula is C12H19N3OS. The molecule has 0 bridgehead atoms. The van der Waals surface area contributed by atoms with Crippen LogP contribution in [0.25, 0.3) is 0 Å². The van der Waals surface area contributed by atoms with Crippen molar-refractivity contribution in [2.24, 2.45) is 0 Å². The lowest BCUT2D eigenvalue weighted by atomic mass is 10.2. The van der Waals surface area contributed by atoms with Gasteiger partial charge in [0.1, 0.15) is 6.17 Å². The SMILES string of the molecule is Cc1cc(N(C=O)C2CNCCN2C)c(C)s1. The van der Waals surface area contributed by atoms with Crippen LogP contribution in [0.2, 0.25) is 0 Å². The van der Waals surface area contributed by atoms with E-state index < -0.39 is 0 Å². The molecule has 2 rings (SSSR count). The van der Waals surface area contributed by atoms with E-state index in [1.165, 1.54) is 9.75 Å². The number of carbonyl (C=O) groups excluding carboxylic acids is 1. The predicted octanol–water partition coefficient (Wildman–Crippen LogP) is 1.19. The van der Waals surface area contributed by atoms with Crippen LogP contribution in [0.5, 0.6) is 0 Å². The number of thiophene rings is 1. The molecule has 1 aliphatic rings. The maximum absolute atomic E-state index is 11.4. The van der Waals surface area contributed by atoms with Crippen molar-refractivity contribution in [2.45, 2.75) is 20.0 Å². The van der Waals surface area contributed by atoms with Crippen molar-refractivity contribution in [2.75, 3.05) is 31.6 Å². The molecule has 0 aliphatic carbocycles. The number of carbonyl (C=O) groups is 1. The third-order valence-corrected chi connectivity index (χ3v) is 4.16. The Morgan fingerprint density at radius 3 is 2.88 bits per heavy atom. The number of nitrogens with zero attached hydrogens (tertiary/aromatic N) is 2. The molecule has 1 aliphatic heterocycles. The second-order valence-corrected chi connectivity index (χ2v) is 5.94. The summed E-state index contributed by atoms with van der Waals surface area (Å²) in [6.45, 7) is 6.93. The van der Waals surface area contributed by atoms with E-state index in [1.54, 1.807) is 11.3 Å². The highest BCUT2D eigenvalue weighted by molar-refractivity contribution is 7.12. The van der Waals surface area contributed by atoms with Gasteiger partial charge in [0.2, 0.25) is 6.41 Å². The van der Waals surface area contributed by atoms with Crippen molar-refractivity contribution in [3.8, 4) is 0 Å². The largest absolute Gasteiger partial charge is 0.312 e. The number of hydrogen-bond donors (Lipinski definition) is 1. The van der Waals surface area contributed by atoms with Crippen LogP contribution in [0.4, 0.5) is 5.69 Å². The van der Waals surface area contributed by atoms with Gasteiger partial charge in [-0.1, -0.05) is 0 Å². The molecule has 17 heavy (non-hydrogen) atoms. The average molecular weight is 253 g/mol. The molecule has 2 heterocycles. The monoisotopic (exact) mass is 253 g/mol. The fourth-order valence-electron chi connectivity index (χ4n) is 2.26. The Hall–Kier alpha value is -0.910. The van der Waals surface area contributed by atoms with Gasteiger partial charge in [-0.3, -0.25) is 14.6 Å². The van der Waals surface area contributed by atoms with E-state index >= 15 is 0 Å². The van der Waals surface area contributed by atoms with Crippen LogP contribution < -0.4 is 10.2 Å². The van der Waals surface area contributed by atoms with E-state index in [0.29, 0.717) is 0 Å². The van der Waals surface area contributed by atoms with Crippen molar-refractivity contribution in [1.29, 1.82) is 0 Å². The van der Waals surface area contributed by atoms with Crippen molar-refractivity contribution in [3.63, 3.8) is 0 Å². The molecule has 0 aromatic carbocycles. The molecule has 1 N–H and O–H groups in total. The number of aryl methyl sites for hydroxylation is 2. The zero-order chi connectivity index (χ0) is 12.4. The quantitative estimate of drug-likeness (QED) is 0.822. The first-order valence-corrected chi connectivity index (χ1v) is 6.66. The normalized spacial score (nSPS) is 21.5. The Morgan fingerprint density at radius 2 is 2.35 bits per heavy atom. The van der Waals surface area contributed by atoms with E-state index in [2.05, 4.69) is 37.2 Å².